The molecule has 0 saturated carbocycles. The normalized spacial score (nSPS) is 7.11. The standard InChI is InChI=1S/H2O2.3H2O.2O.2Sn/c1-2;;;;;;;/h1-2H;3*1H2;;;;/q;;;;;;2*+2/p-4. The van der Waals surface area contributed by atoms with Crippen molar-refractivity contribution in [3.63, 3.8) is 0 Å². The van der Waals surface area contributed by atoms with Gasteiger partial charge in [-0.1, -0.05) is 0 Å². The predicted octanol–water partition coefficient (Wildman–Crippen LogP) is -2.73. The Hall–Kier alpha value is 0.997. The molecule has 0 unspecified atom stereocenters. The van der Waals surface area contributed by atoms with Crippen LogP contribution in [-0.2, 0) is 9.38 Å². The molecule has 0 bridgehead atoms. The molecular formula is H4O7Sn2. The molecule has 0 aromatic rings. The van der Waals surface area contributed by atoms with Crippen molar-refractivity contribution in [1.82, 2.24) is 0 Å². The minimum atomic E-state index is -3.79. The molecule has 0 aliphatic rings. The van der Waals surface area contributed by atoms with E-state index in [4.69, 9.17) is 18.7 Å². The Bertz CT molecular complexity index is 91.1. The molecule has 4 N–H and O–H groups in total. The van der Waals surface area contributed by atoms with Crippen LogP contribution in [0.15, 0.2) is 0 Å². The molecule has 0 aromatic heterocycles. The second-order valence-corrected chi connectivity index (χ2v) is 4.29. The van der Waals surface area contributed by atoms with E-state index in [1.54, 1.807) is 0 Å². The molecule has 0 aliphatic heterocycles. The molecule has 0 atom stereocenters. The van der Waals surface area contributed by atoms with E-state index < -0.39 is 41.1 Å². The summed E-state index contributed by atoms with van der Waals surface area (Å²) in [5, 5.41) is 7.17. The molecule has 0 aromatic carbocycles. The van der Waals surface area contributed by atoms with Crippen LogP contribution in [0.25, 0.3) is 0 Å². The molecule has 0 fully saturated rings. The van der Waals surface area contributed by atoms with Crippen molar-refractivity contribution >= 4 is 41.1 Å². The van der Waals surface area contributed by atoms with Gasteiger partial charge >= 0.3 is 66.1 Å². The molecular weight excluding hydrogens is 349 g/mol. The van der Waals surface area contributed by atoms with Crippen LogP contribution in [0.2, 0.25) is 0 Å². The topological polar surface area (TPSA) is 124 Å². The van der Waals surface area contributed by atoms with Crippen molar-refractivity contribution in [2.75, 3.05) is 0 Å². The first-order valence-electron chi connectivity index (χ1n) is 1.47. The molecule has 7 nitrogen and oxygen atoms in total. The number of rotatable bonds is 1. The van der Waals surface area contributed by atoms with Crippen molar-refractivity contribution in [2.45, 2.75) is 0 Å². The Balaban J connectivity index is 0. The fourth-order valence-electron chi connectivity index (χ4n) is 0. The van der Waals surface area contributed by atoms with Gasteiger partial charge in [0.25, 0.3) is 0 Å². The van der Waals surface area contributed by atoms with E-state index >= 15 is 0 Å². The molecule has 0 aliphatic carbocycles. The molecule has 54 valence electrons. The summed E-state index contributed by atoms with van der Waals surface area (Å²) in [6.45, 7) is 0. The van der Waals surface area contributed by atoms with E-state index in [2.05, 4.69) is 3.22 Å². The fourth-order valence-corrected chi connectivity index (χ4v) is 0. The first kappa shape index (κ1) is 12.7. The van der Waals surface area contributed by atoms with Crippen molar-refractivity contribution < 1.29 is 25.0 Å². The Kier molecular flexibility index (Phi) is 12.7. The third kappa shape index (κ3) is 49.0. The second-order valence-electron chi connectivity index (χ2n) is 0.640. The summed E-state index contributed by atoms with van der Waals surface area (Å²) in [5.41, 5.74) is 0. The van der Waals surface area contributed by atoms with Gasteiger partial charge in [-0.25, -0.2) is 0 Å². The average molecular weight is 353 g/mol. The van der Waals surface area contributed by atoms with Gasteiger partial charge in [0, 0.05) is 0 Å². The number of hydrogen-bond donors (Lipinski definition) is 4. The van der Waals surface area contributed by atoms with Crippen LogP contribution in [-0.4, -0.2) is 56.7 Å². The van der Waals surface area contributed by atoms with Crippen molar-refractivity contribution in [2.24, 2.45) is 0 Å². The predicted molar refractivity (Wildman–Crippen MR) is 23.3 cm³/mol. The van der Waals surface area contributed by atoms with Crippen molar-refractivity contribution in [3.05, 3.63) is 0 Å². The Morgan fingerprint density at radius 3 is 1.22 bits per heavy atom. The summed E-state index contributed by atoms with van der Waals surface area (Å²) < 4.78 is 43.0. The molecule has 0 radical (unpaired) electrons. The molecule has 9 heavy (non-hydrogen) atoms. The Labute approximate surface area is 65.9 Å². The van der Waals surface area contributed by atoms with Gasteiger partial charge in [-0.2, -0.15) is 0 Å². The van der Waals surface area contributed by atoms with Gasteiger partial charge in [-0.15, -0.1) is 0 Å². The Morgan fingerprint density at radius 1 is 1.11 bits per heavy atom. The van der Waals surface area contributed by atoms with Gasteiger partial charge in [-0.3, -0.25) is 0 Å². The van der Waals surface area contributed by atoms with E-state index in [1.807, 2.05) is 0 Å². The zero-order valence-corrected chi connectivity index (χ0v) is 9.72. The zero-order chi connectivity index (χ0) is 7.86. The van der Waals surface area contributed by atoms with E-state index in [0.717, 1.165) is 0 Å². The minimum absolute atomic E-state index is 2.95. The van der Waals surface area contributed by atoms with Gasteiger partial charge < -0.3 is 0 Å². The van der Waals surface area contributed by atoms with Crippen LogP contribution in [0.4, 0.5) is 0 Å². The quantitative estimate of drug-likeness (QED) is 0.229. The summed E-state index contributed by atoms with van der Waals surface area (Å²) in [5.74, 6) is 0. The molecule has 0 spiro atoms. The summed E-state index contributed by atoms with van der Waals surface area (Å²) in [6.07, 6.45) is 0. The van der Waals surface area contributed by atoms with Crippen LogP contribution in [0.5, 0.6) is 0 Å². The van der Waals surface area contributed by atoms with Gasteiger partial charge in [0.05, 0.1) is 0 Å². The SMILES string of the molecule is [O]=[Sn]([OH])[OH].[O]=[Sn]([OH])[O]O. The van der Waals surface area contributed by atoms with Crippen LogP contribution < -0.4 is 0 Å². The molecule has 9 heteroatoms. The van der Waals surface area contributed by atoms with Gasteiger partial charge in [0.2, 0.25) is 0 Å². The van der Waals surface area contributed by atoms with Crippen LogP contribution >= 0.6 is 0 Å². The van der Waals surface area contributed by atoms with Crippen LogP contribution in [0, 0.1) is 0 Å². The van der Waals surface area contributed by atoms with Gasteiger partial charge in [-0.05, 0) is 0 Å². The van der Waals surface area contributed by atoms with Gasteiger partial charge in [0.1, 0.15) is 0 Å². The molecule has 0 rings (SSSR count). The second kappa shape index (κ2) is 9.00. The summed E-state index contributed by atoms with van der Waals surface area (Å²) >= 11 is -7.57. The van der Waals surface area contributed by atoms with Crippen LogP contribution in [0.3, 0.4) is 0 Å². The van der Waals surface area contributed by atoms with E-state index in [0.29, 0.717) is 0 Å². The van der Waals surface area contributed by atoms with E-state index in [1.165, 1.54) is 0 Å². The van der Waals surface area contributed by atoms with Gasteiger partial charge in [0.15, 0.2) is 0 Å². The molecule has 0 saturated heterocycles. The monoisotopic (exact) mass is 356 g/mol. The summed E-state index contributed by atoms with van der Waals surface area (Å²) in [6, 6.07) is 0. The van der Waals surface area contributed by atoms with Crippen molar-refractivity contribution in [1.29, 1.82) is 0 Å². The Morgan fingerprint density at radius 2 is 1.22 bits per heavy atom. The molecule has 0 heterocycles. The summed E-state index contributed by atoms with van der Waals surface area (Å²) in [4.78, 5) is 0. The summed E-state index contributed by atoms with van der Waals surface area (Å²) in [7, 11) is 0. The molecule has 0 amide bonds. The fraction of sp³-hybridized carbons (Fsp3) is 0. The first-order chi connectivity index (χ1) is 4.00. The van der Waals surface area contributed by atoms with E-state index in [-0.39, 0.29) is 0 Å². The third-order valence-electron chi connectivity index (χ3n) is 0.0781. The van der Waals surface area contributed by atoms with Crippen LogP contribution in [0.1, 0.15) is 0 Å². The third-order valence-corrected chi connectivity index (χ3v) is 0.524. The first-order valence-corrected chi connectivity index (χ1v) is 8.79. The zero-order valence-electron chi connectivity index (χ0n) is 4.01. The maximum atomic E-state index is 9.18. The number of hydrogen-bond acceptors (Lipinski definition) is 4. The maximum absolute atomic E-state index is 9.18. The van der Waals surface area contributed by atoms with E-state index in [9.17, 15) is 3.08 Å². The van der Waals surface area contributed by atoms with Crippen molar-refractivity contribution in [3.8, 4) is 0 Å². The average Bonchev–Trinajstić information content (AvgIpc) is 1.65.